The first-order chi connectivity index (χ1) is 15.2. The molecule has 1 unspecified atom stereocenters. The Morgan fingerprint density at radius 2 is 1.68 bits per heavy atom. The number of para-hydroxylation sites is 1. The third kappa shape index (κ3) is 4.69. The van der Waals surface area contributed by atoms with Crippen molar-refractivity contribution in [2.24, 2.45) is 0 Å². The molecule has 0 aromatic heterocycles. The molecule has 0 bridgehead atoms. The zero-order valence-electron chi connectivity index (χ0n) is 17.4. The van der Waals surface area contributed by atoms with Crippen LogP contribution in [0.15, 0.2) is 78.9 Å². The van der Waals surface area contributed by atoms with Gasteiger partial charge in [0.15, 0.2) is 0 Å². The van der Waals surface area contributed by atoms with Crippen molar-refractivity contribution in [1.29, 1.82) is 0 Å². The van der Waals surface area contributed by atoms with Crippen molar-refractivity contribution in [1.82, 2.24) is 5.32 Å². The zero-order valence-corrected chi connectivity index (χ0v) is 17.4. The summed E-state index contributed by atoms with van der Waals surface area (Å²) in [6, 6.07) is 23.1. The highest BCUT2D eigenvalue weighted by atomic mass is 16.5. The predicted molar refractivity (Wildman–Crippen MR) is 121 cm³/mol. The van der Waals surface area contributed by atoms with Crippen molar-refractivity contribution in [3.05, 3.63) is 90.0 Å². The van der Waals surface area contributed by atoms with Gasteiger partial charge in [-0.3, -0.25) is 4.79 Å². The maximum atomic E-state index is 13.5. The monoisotopic (exact) mass is 415 g/mol. The molecule has 3 aromatic carbocycles. The van der Waals surface area contributed by atoms with E-state index in [0.29, 0.717) is 18.8 Å². The van der Waals surface area contributed by atoms with E-state index >= 15 is 0 Å². The van der Waals surface area contributed by atoms with E-state index in [9.17, 15) is 9.59 Å². The van der Waals surface area contributed by atoms with Gasteiger partial charge in [0, 0.05) is 17.9 Å². The van der Waals surface area contributed by atoms with Crippen molar-refractivity contribution >= 4 is 23.3 Å². The molecule has 1 aliphatic heterocycles. The van der Waals surface area contributed by atoms with Crippen LogP contribution < -0.4 is 20.3 Å². The molecule has 4 rings (SSSR count). The number of hydrogen-bond donors (Lipinski definition) is 2. The maximum absolute atomic E-state index is 13.5. The highest BCUT2D eigenvalue weighted by Crippen LogP contribution is 2.30. The van der Waals surface area contributed by atoms with Gasteiger partial charge >= 0.3 is 6.03 Å². The lowest BCUT2D eigenvalue weighted by molar-refractivity contribution is -0.120. The second kappa shape index (κ2) is 9.34. The molecule has 6 heteroatoms. The van der Waals surface area contributed by atoms with E-state index in [-0.39, 0.29) is 5.91 Å². The Kier molecular flexibility index (Phi) is 6.17. The van der Waals surface area contributed by atoms with E-state index in [1.807, 2.05) is 61.5 Å². The van der Waals surface area contributed by atoms with Gasteiger partial charge in [-0.2, -0.15) is 0 Å². The first kappa shape index (κ1) is 20.5. The summed E-state index contributed by atoms with van der Waals surface area (Å²) < 4.78 is 5.43. The van der Waals surface area contributed by atoms with Crippen LogP contribution in [0, 0.1) is 0 Å². The van der Waals surface area contributed by atoms with Gasteiger partial charge in [-0.1, -0.05) is 48.5 Å². The molecule has 0 radical (unpaired) electrons. The van der Waals surface area contributed by atoms with Crippen LogP contribution in [0.2, 0.25) is 0 Å². The van der Waals surface area contributed by atoms with Crippen LogP contribution >= 0.6 is 0 Å². The average molecular weight is 415 g/mol. The second-order valence-electron chi connectivity index (χ2n) is 7.27. The van der Waals surface area contributed by atoms with Gasteiger partial charge in [-0.05, 0) is 54.8 Å². The number of ether oxygens (including phenoxy) is 1. The smallest absolute Gasteiger partial charge is 0.320 e. The zero-order chi connectivity index (χ0) is 21.6. The fourth-order valence-electron chi connectivity index (χ4n) is 3.76. The summed E-state index contributed by atoms with van der Waals surface area (Å²) in [4.78, 5) is 28.0. The molecular formula is C25H25N3O3. The van der Waals surface area contributed by atoms with E-state index in [4.69, 9.17) is 4.74 Å². The first-order valence-electron chi connectivity index (χ1n) is 10.4. The van der Waals surface area contributed by atoms with Gasteiger partial charge in [0.25, 0.3) is 5.91 Å². The Labute approximate surface area is 181 Å². The van der Waals surface area contributed by atoms with E-state index in [1.54, 1.807) is 29.2 Å². The number of amides is 3. The lowest BCUT2D eigenvalue weighted by Crippen LogP contribution is -2.43. The van der Waals surface area contributed by atoms with E-state index in [0.717, 1.165) is 29.0 Å². The summed E-state index contributed by atoms with van der Waals surface area (Å²) in [6.07, 6.45) is 0.807. The number of rotatable bonds is 6. The number of fused-ring (bicyclic) bond motifs is 1. The standard InChI is InChI=1S/C25H25N3O3/c1-2-31-21-14-12-20(13-15-21)26-25(30)27-23(19-9-4-3-5-10-19)24(29)28-17-16-18-8-6-7-11-22(18)28/h3-15,23H,2,16-17H2,1H3,(H2,26,27,30). The Morgan fingerprint density at radius 3 is 2.42 bits per heavy atom. The minimum absolute atomic E-state index is 0.155. The largest absolute Gasteiger partial charge is 0.494 e. The molecule has 1 aliphatic rings. The minimum Gasteiger partial charge on any atom is -0.494 e. The molecule has 1 atom stereocenters. The first-order valence-corrected chi connectivity index (χ1v) is 10.4. The number of benzene rings is 3. The highest BCUT2D eigenvalue weighted by molar-refractivity contribution is 6.02. The number of carbonyl (C=O) groups excluding carboxylic acids is 2. The van der Waals surface area contributed by atoms with Crippen molar-refractivity contribution in [2.75, 3.05) is 23.4 Å². The van der Waals surface area contributed by atoms with Gasteiger partial charge in [-0.25, -0.2) is 4.79 Å². The Morgan fingerprint density at radius 1 is 0.968 bits per heavy atom. The fourth-order valence-corrected chi connectivity index (χ4v) is 3.76. The summed E-state index contributed by atoms with van der Waals surface area (Å²) in [7, 11) is 0. The van der Waals surface area contributed by atoms with E-state index in [2.05, 4.69) is 10.6 Å². The molecule has 3 aromatic rings. The fraction of sp³-hybridized carbons (Fsp3) is 0.200. The van der Waals surface area contributed by atoms with Crippen molar-refractivity contribution in [2.45, 2.75) is 19.4 Å². The van der Waals surface area contributed by atoms with Crippen LogP contribution in [0.4, 0.5) is 16.2 Å². The molecule has 3 amide bonds. The number of urea groups is 1. The van der Waals surface area contributed by atoms with Crippen LogP contribution in [0.1, 0.15) is 24.1 Å². The quantitative estimate of drug-likeness (QED) is 0.621. The van der Waals surface area contributed by atoms with Gasteiger partial charge in [0.1, 0.15) is 11.8 Å². The van der Waals surface area contributed by atoms with Crippen molar-refractivity contribution in [3.63, 3.8) is 0 Å². The van der Waals surface area contributed by atoms with Crippen LogP contribution in [0.5, 0.6) is 5.75 Å². The second-order valence-corrected chi connectivity index (χ2v) is 7.27. The summed E-state index contributed by atoms with van der Waals surface area (Å²) >= 11 is 0. The summed E-state index contributed by atoms with van der Waals surface area (Å²) in [6.45, 7) is 3.09. The molecule has 0 spiro atoms. The van der Waals surface area contributed by atoms with Crippen molar-refractivity contribution in [3.8, 4) is 5.75 Å². The van der Waals surface area contributed by atoms with E-state index < -0.39 is 12.1 Å². The average Bonchev–Trinajstić information content (AvgIpc) is 3.23. The highest BCUT2D eigenvalue weighted by Gasteiger charge is 2.32. The third-order valence-electron chi connectivity index (χ3n) is 5.23. The van der Waals surface area contributed by atoms with Gasteiger partial charge in [0.05, 0.1) is 6.61 Å². The molecular weight excluding hydrogens is 390 g/mol. The number of carbonyl (C=O) groups is 2. The molecule has 6 nitrogen and oxygen atoms in total. The summed E-state index contributed by atoms with van der Waals surface area (Å²) in [5.74, 6) is 0.580. The van der Waals surface area contributed by atoms with Crippen LogP contribution in [-0.2, 0) is 11.2 Å². The third-order valence-corrected chi connectivity index (χ3v) is 5.23. The molecule has 2 N–H and O–H groups in total. The maximum Gasteiger partial charge on any atom is 0.320 e. The SMILES string of the molecule is CCOc1ccc(NC(=O)NC(C(=O)N2CCc3ccccc32)c2ccccc2)cc1. The number of hydrogen-bond acceptors (Lipinski definition) is 3. The predicted octanol–water partition coefficient (Wildman–Crippen LogP) is 4.54. The molecule has 1 heterocycles. The van der Waals surface area contributed by atoms with Crippen molar-refractivity contribution < 1.29 is 14.3 Å². The topological polar surface area (TPSA) is 70.7 Å². The lowest BCUT2D eigenvalue weighted by atomic mass is 10.1. The molecule has 0 aliphatic carbocycles. The van der Waals surface area contributed by atoms with Gasteiger partial charge in [-0.15, -0.1) is 0 Å². The molecule has 0 saturated heterocycles. The van der Waals surface area contributed by atoms with E-state index in [1.165, 1.54) is 0 Å². The molecule has 0 saturated carbocycles. The Balaban J connectivity index is 1.52. The summed E-state index contributed by atoms with van der Waals surface area (Å²) in [5, 5.41) is 5.66. The van der Waals surface area contributed by atoms with Gasteiger partial charge < -0.3 is 20.3 Å². The van der Waals surface area contributed by atoms with Gasteiger partial charge in [0.2, 0.25) is 0 Å². The normalized spacial score (nSPS) is 13.3. The number of nitrogens with zero attached hydrogens (tertiary/aromatic N) is 1. The van der Waals surface area contributed by atoms with Crippen LogP contribution in [0.25, 0.3) is 0 Å². The molecule has 158 valence electrons. The Bertz CT molecular complexity index is 1050. The minimum atomic E-state index is -0.796. The summed E-state index contributed by atoms with van der Waals surface area (Å²) in [5.41, 5.74) is 3.40. The van der Waals surface area contributed by atoms with Crippen LogP contribution in [-0.4, -0.2) is 25.1 Å². The lowest BCUT2D eigenvalue weighted by Gasteiger charge is -2.25. The number of anilines is 2. The molecule has 0 fully saturated rings. The Hall–Kier alpha value is -3.80. The molecule has 31 heavy (non-hydrogen) atoms. The number of nitrogens with one attached hydrogen (secondary N) is 2. The van der Waals surface area contributed by atoms with Crippen LogP contribution in [0.3, 0.4) is 0 Å².